The molecule has 0 unspecified atom stereocenters. The Bertz CT molecular complexity index is 545. The normalized spacial score (nSPS) is 10.3. The second-order valence-electron chi connectivity index (χ2n) is 3.34. The van der Waals surface area contributed by atoms with Crippen molar-refractivity contribution < 1.29 is 19.2 Å². The van der Waals surface area contributed by atoms with Gasteiger partial charge in [0.1, 0.15) is 12.4 Å². The standard InChI is InChI=1S/C11H7Br2NO4/c12-8-3-6(11(15)16)4-9(13)10(8)17-5-7-1-2-14-18-7/h1-4H,5H2,(H,15,16). The van der Waals surface area contributed by atoms with Crippen molar-refractivity contribution in [3.8, 4) is 5.75 Å². The molecule has 18 heavy (non-hydrogen) atoms. The Kier molecular flexibility index (Phi) is 4.03. The largest absolute Gasteiger partial charge is 0.483 e. The van der Waals surface area contributed by atoms with Gasteiger partial charge in [-0.15, -0.1) is 0 Å². The number of aromatic carboxylic acids is 1. The summed E-state index contributed by atoms with van der Waals surface area (Å²) in [4.78, 5) is 10.9. The molecule has 0 saturated heterocycles. The summed E-state index contributed by atoms with van der Waals surface area (Å²) >= 11 is 6.53. The van der Waals surface area contributed by atoms with Gasteiger partial charge in [0, 0.05) is 6.07 Å². The van der Waals surface area contributed by atoms with Gasteiger partial charge in [-0.05, 0) is 44.0 Å². The number of ether oxygens (including phenoxy) is 1. The highest BCUT2D eigenvalue weighted by molar-refractivity contribution is 9.11. The Morgan fingerprint density at radius 2 is 2.06 bits per heavy atom. The number of nitrogens with zero attached hydrogens (tertiary/aromatic N) is 1. The highest BCUT2D eigenvalue weighted by atomic mass is 79.9. The van der Waals surface area contributed by atoms with Crippen molar-refractivity contribution in [2.24, 2.45) is 0 Å². The number of carboxylic acids is 1. The van der Waals surface area contributed by atoms with Crippen molar-refractivity contribution in [2.75, 3.05) is 0 Å². The molecule has 5 nitrogen and oxygen atoms in total. The smallest absolute Gasteiger partial charge is 0.335 e. The van der Waals surface area contributed by atoms with Crippen LogP contribution < -0.4 is 4.74 Å². The summed E-state index contributed by atoms with van der Waals surface area (Å²) < 4.78 is 11.5. The third-order valence-corrected chi connectivity index (χ3v) is 3.27. The number of carboxylic acid groups (broad SMARTS) is 1. The van der Waals surface area contributed by atoms with Crippen molar-refractivity contribution >= 4 is 37.8 Å². The summed E-state index contributed by atoms with van der Waals surface area (Å²) in [5.41, 5.74) is 0.167. The number of carbonyl (C=O) groups is 1. The molecule has 1 aromatic carbocycles. The van der Waals surface area contributed by atoms with E-state index in [2.05, 4.69) is 37.0 Å². The Morgan fingerprint density at radius 3 is 2.56 bits per heavy atom. The molecule has 1 N–H and O–H groups in total. The monoisotopic (exact) mass is 375 g/mol. The number of hydrogen-bond donors (Lipinski definition) is 1. The van der Waals surface area contributed by atoms with Gasteiger partial charge in [0.15, 0.2) is 5.76 Å². The van der Waals surface area contributed by atoms with Crippen LogP contribution in [-0.4, -0.2) is 16.2 Å². The molecule has 94 valence electrons. The summed E-state index contributed by atoms with van der Waals surface area (Å²) in [6.45, 7) is 0.212. The summed E-state index contributed by atoms with van der Waals surface area (Å²) in [5.74, 6) is 0.0886. The molecule has 0 aliphatic carbocycles. The van der Waals surface area contributed by atoms with Crippen LogP contribution in [0, 0.1) is 0 Å². The fourth-order valence-electron chi connectivity index (χ4n) is 1.28. The number of aromatic nitrogens is 1. The maximum Gasteiger partial charge on any atom is 0.335 e. The number of benzene rings is 1. The fourth-order valence-corrected chi connectivity index (χ4v) is 2.70. The molecular formula is C11H7Br2NO4. The molecule has 0 bridgehead atoms. The van der Waals surface area contributed by atoms with Crippen LogP contribution in [0.25, 0.3) is 0 Å². The van der Waals surface area contributed by atoms with Crippen LogP contribution in [0.1, 0.15) is 16.1 Å². The van der Waals surface area contributed by atoms with E-state index in [9.17, 15) is 4.79 Å². The van der Waals surface area contributed by atoms with E-state index >= 15 is 0 Å². The van der Waals surface area contributed by atoms with E-state index in [1.165, 1.54) is 18.3 Å². The minimum Gasteiger partial charge on any atom is -0.483 e. The Balaban J connectivity index is 2.20. The molecule has 0 radical (unpaired) electrons. The molecule has 7 heteroatoms. The van der Waals surface area contributed by atoms with E-state index < -0.39 is 5.97 Å². The molecule has 0 aliphatic heterocycles. The first-order valence-corrected chi connectivity index (χ1v) is 6.41. The first-order valence-electron chi connectivity index (χ1n) is 4.82. The van der Waals surface area contributed by atoms with Crippen molar-refractivity contribution in [1.82, 2.24) is 5.16 Å². The zero-order valence-electron chi connectivity index (χ0n) is 8.89. The van der Waals surface area contributed by atoms with Crippen molar-refractivity contribution in [3.63, 3.8) is 0 Å². The zero-order valence-corrected chi connectivity index (χ0v) is 12.1. The van der Waals surface area contributed by atoms with Gasteiger partial charge in [-0.2, -0.15) is 0 Å². The summed E-state index contributed by atoms with van der Waals surface area (Å²) in [7, 11) is 0. The lowest BCUT2D eigenvalue weighted by Crippen LogP contribution is -2.00. The van der Waals surface area contributed by atoms with Gasteiger partial charge in [-0.3, -0.25) is 0 Å². The topological polar surface area (TPSA) is 72.6 Å². The summed E-state index contributed by atoms with van der Waals surface area (Å²) in [6.07, 6.45) is 1.52. The molecule has 0 atom stereocenters. The zero-order chi connectivity index (χ0) is 13.1. The van der Waals surface area contributed by atoms with E-state index in [-0.39, 0.29) is 12.2 Å². The van der Waals surface area contributed by atoms with Gasteiger partial charge in [-0.1, -0.05) is 5.16 Å². The SMILES string of the molecule is O=C(O)c1cc(Br)c(OCc2ccno2)c(Br)c1. The quantitative estimate of drug-likeness (QED) is 0.884. The van der Waals surface area contributed by atoms with Gasteiger partial charge >= 0.3 is 5.97 Å². The molecule has 1 heterocycles. The molecule has 2 aromatic rings. The molecular weight excluding hydrogens is 370 g/mol. The Labute approximate surface area is 119 Å². The van der Waals surface area contributed by atoms with Crippen LogP contribution in [0.5, 0.6) is 5.75 Å². The van der Waals surface area contributed by atoms with Gasteiger partial charge in [0.05, 0.1) is 20.7 Å². The van der Waals surface area contributed by atoms with Crippen LogP contribution in [-0.2, 0) is 6.61 Å². The van der Waals surface area contributed by atoms with Crippen molar-refractivity contribution in [1.29, 1.82) is 0 Å². The van der Waals surface area contributed by atoms with Gasteiger partial charge in [0.2, 0.25) is 0 Å². The number of halogens is 2. The van der Waals surface area contributed by atoms with Crippen molar-refractivity contribution in [2.45, 2.75) is 6.61 Å². The Hall–Kier alpha value is -1.34. The van der Waals surface area contributed by atoms with Gasteiger partial charge in [-0.25, -0.2) is 4.79 Å². The molecule has 0 saturated carbocycles. The first-order chi connectivity index (χ1) is 8.58. The molecule has 0 amide bonds. The van der Waals surface area contributed by atoms with Crippen LogP contribution in [0.2, 0.25) is 0 Å². The third kappa shape index (κ3) is 2.91. The molecule has 1 aromatic heterocycles. The molecule has 0 fully saturated rings. The maximum atomic E-state index is 10.9. The van der Waals surface area contributed by atoms with Gasteiger partial charge in [0.25, 0.3) is 0 Å². The second kappa shape index (κ2) is 5.53. The van der Waals surface area contributed by atoms with E-state index in [1.54, 1.807) is 6.07 Å². The molecule has 0 aliphatic rings. The molecule has 0 spiro atoms. The summed E-state index contributed by atoms with van der Waals surface area (Å²) in [6, 6.07) is 4.64. The number of hydrogen-bond acceptors (Lipinski definition) is 4. The van der Waals surface area contributed by atoms with Gasteiger partial charge < -0.3 is 14.4 Å². The first kappa shape index (κ1) is 13.1. The minimum atomic E-state index is -1.00. The fraction of sp³-hybridized carbons (Fsp3) is 0.0909. The lowest BCUT2D eigenvalue weighted by molar-refractivity contribution is 0.0696. The lowest BCUT2D eigenvalue weighted by Gasteiger charge is -2.09. The highest BCUT2D eigenvalue weighted by Gasteiger charge is 2.13. The highest BCUT2D eigenvalue weighted by Crippen LogP contribution is 2.35. The van der Waals surface area contributed by atoms with Crippen LogP contribution in [0.15, 0.2) is 37.9 Å². The minimum absolute atomic E-state index is 0.167. The third-order valence-electron chi connectivity index (χ3n) is 2.10. The van der Waals surface area contributed by atoms with Crippen LogP contribution in [0.4, 0.5) is 0 Å². The van der Waals surface area contributed by atoms with E-state index in [0.29, 0.717) is 20.5 Å². The number of rotatable bonds is 4. The summed E-state index contributed by atoms with van der Waals surface area (Å²) in [5, 5.41) is 12.5. The second-order valence-corrected chi connectivity index (χ2v) is 5.05. The average Bonchev–Trinajstić information content (AvgIpc) is 2.80. The lowest BCUT2D eigenvalue weighted by atomic mass is 10.2. The average molecular weight is 377 g/mol. The van der Waals surface area contributed by atoms with Crippen molar-refractivity contribution in [3.05, 3.63) is 44.7 Å². The Morgan fingerprint density at radius 1 is 1.39 bits per heavy atom. The molecule has 2 rings (SSSR count). The van der Waals surface area contributed by atoms with E-state index in [1.807, 2.05) is 0 Å². The maximum absolute atomic E-state index is 10.9. The van der Waals surface area contributed by atoms with E-state index in [4.69, 9.17) is 14.4 Å². The predicted molar refractivity (Wildman–Crippen MR) is 69.6 cm³/mol. The van der Waals surface area contributed by atoms with Crippen LogP contribution in [0.3, 0.4) is 0 Å². The predicted octanol–water partition coefficient (Wildman–Crippen LogP) is 3.48. The van der Waals surface area contributed by atoms with E-state index in [0.717, 1.165) is 0 Å². The van der Waals surface area contributed by atoms with Crippen LogP contribution >= 0.6 is 31.9 Å².